The second-order valence-electron chi connectivity index (χ2n) is 4.03. The van der Waals surface area contributed by atoms with Gasteiger partial charge in [-0.1, -0.05) is 6.07 Å². The fourth-order valence-corrected chi connectivity index (χ4v) is 1.86. The number of benzene rings is 1. The predicted molar refractivity (Wildman–Crippen MR) is 70.1 cm³/mol. The molecule has 2 rings (SSSR count). The molecule has 0 radical (unpaired) electrons. The van der Waals surface area contributed by atoms with Crippen molar-refractivity contribution in [3.63, 3.8) is 0 Å². The number of aliphatic imine (C=N–C) groups is 1. The number of hydrogen-bond acceptors (Lipinski definition) is 5. The molecule has 1 aromatic rings. The number of ether oxygens (including phenoxy) is 2. The number of nitrogens with zero attached hydrogens (tertiary/aromatic N) is 1. The number of hydrogen-bond donors (Lipinski definition) is 2. The zero-order chi connectivity index (χ0) is 13.7. The molecule has 102 valence electrons. The summed E-state index contributed by atoms with van der Waals surface area (Å²) in [5.41, 5.74) is 0.723. The highest BCUT2D eigenvalue weighted by molar-refractivity contribution is 6.02. The molecule has 0 fully saturated rings. The van der Waals surface area contributed by atoms with E-state index in [2.05, 4.69) is 10.3 Å². The maximum atomic E-state index is 10.6. The number of amidine groups is 1. The summed E-state index contributed by atoms with van der Waals surface area (Å²) in [7, 11) is 1.52. The second kappa shape index (κ2) is 6.08. The summed E-state index contributed by atoms with van der Waals surface area (Å²) in [5.74, 6) is 0.579. The Morgan fingerprint density at radius 3 is 3.00 bits per heavy atom. The van der Waals surface area contributed by atoms with E-state index in [0.29, 0.717) is 17.3 Å². The van der Waals surface area contributed by atoms with Crippen molar-refractivity contribution in [3.05, 3.63) is 23.8 Å². The van der Waals surface area contributed by atoms with Crippen LogP contribution in [-0.4, -0.2) is 43.7 Å². The minimum atomic E-state index is -1.03. The molecule has 0 aromatic heterocycles. The summed E-state index contributed by atoms with van der Waals surface area (Å²) in [6, 6.07) is 5.38. The van der Waals surface area contributed by atoms with Gasteiger partial charge >= 0.3 is 5.97 Å². The standard InChI is InChI=1S/C13H16N2O4/c1-18-10-5-2-4-9(12(10)19-8-11(16)17)13-14-6-3-7-15-13/h2,4-5H,3,6-8H2,1H3,(H,14,15)(H,16,17). The molecular weight excluding hydrogens is 248 g/mol. The van der Waals surface area contributed by atoms with Crippen LogP contribution < -0.4 is 14.8 Å². The third kappa shape index (κ3) is 3.15. The van der Waals surface area contributed by atoms with E-state index >= 15 is 0 Å². The average Bonchev–Trinajstić information content (AvgIpc) is 2.45. The highest BCUT2D eigenvalue weighted by Crippen LogP contribution is 2.31. The van der Waals surface area contributed by atoms with Gasteiger partial charge in [0, 0.05) is 13.1 Å². The molecule has 6 heteroatoms. The summed E-state index contributed by atoms with van der Waals surface area (Å²) in [5, 5.41) is 11.9. The molecule has 0 unspecified atom stereocenters. The maximum absolute atomic E-state index is 10.6. The van der Waals surface area contributed by atoms with E-state index in [4.69, 9.17) is 14.6 Å². The molecule has 0 atom stereocenters. The number of carboxylic acid groups (broad SMARTS) is 1. The molecule has 0 saturated heterocycles. The maximum Gasteiger partial charge on any atom is 0.341 e. The monoisotopic (exact) mass is 264 g/mol. The number of para-hydroxylation sites is 1. The zero-order valence-corrected chi connectivity index (χ0v) is 10.7. The van der Waals surface area contributed by atoms with Gasteiger partial charge in [-0.05, 0) is 18.6 Å². The minimum Gasteiger partial charge on any atom is -0.493 e. The van der Waals surface area contributed by atoms with Gasteiger partial charge in [0.15, 0.2) is 18.1 Å². The molecule has 0 spiro atoms. The number of rotatable bonds is 5. The Hall–Kier alpha value is -2.24. The van der Waals surface area contributed by atoms with E-state index in [0.717, 1.165) is 25.1 Å². The first kappa shape index (κ1) is 13.2. The van der Waals surface area contributed by atoms with Gasteiger partial charge in [-0.15, -0.1) is 0 Å². The van der Waals surface area contributed by atoms with Gasteiger partial charge in [-0.25, -0.2) is 4.79 Å². The van der Waals surface area contributed by atoms with Crippen LogP contribution in [0.5, 0.6) is 11.5 Å². The molecule has 1 heterocycles. The molecule has 1 aromatic carbocycles. The van der Waals surface area contributed by atoms with E-state index in [9.17, 15) is 4.79 Å². The van der Waals surface area contributed by atoms with Crippen molar-refractivity contribution in [2.24, 2.45) is 4.99 Å². The van der Waals surface area contributed by atoms with E-state index < -0.39 is 12.6 Å². The van der Waals surface area contributed by atoms with Crippen molar-refractivity contribution >= 4 is 11.8 Å². The molecule has 6 nitrogen and oxygen atoms in total. The predicted octanol–water partition coefficient (Wildman–Crippen LogP) is 0.898. The van der Waals surface area contributed by atoms with Gasteiger partial charge < -0.3 is 19.9 Å². The topological polar surface area (TPSA) is 80.1 Å². The van der Waals surface area contributed by atoms with Crippen molar-refractivity contribution in [3.8, 4) is 11.5 Å². The van der Waals surface area contributed by atoms with Crippen LogP contribution in [0, 0.1) is 0 Å². The summed E-state index contributed by atoms with van der Waals surface area (Å²) in [6.07, 6.45) is 0.985. The largest absolute Gasteiger partial charge is 0.493 e. The molecule has 19 heavy (non-hydrogen) atoms. The van der Waals surface area contributed by atoms with Gasteiger partial charge in [0.05, 0.1) is 12.7 Å². The lowest BCUT2D eigenvalue weighted by Gasteiger charge is -2.19. The average molecular weight is 264 g/mol. The second-order valence-corrected chi connectivity index (χ2v) is 4.03. The van der Waals surface area contributed by atoms with Gasteiger partial charge in [-0.3, -0.25) is 4.99 Å². The van der Waals surface area contributed by atoms with Crippen molar-refractivity contribution in [1.29, 1.82) is 0 Å². The number of methoxy groups -OCH3 is 1. The van der Waals surface area contributed by atoms with Crippen LogP contribution in [0.15, 0.2) is 23.2 Å². The van der Waals surface area contributed by atoms with E-state index in [1.807, 2.05) is 12.1 Å². The lowest BCUT2D eigenvalue weighted by molar-refractivity contribution is -0.139. The SMILES string of the molecule is COc1cccc(C2=NCCCN2)c1OCC(=O)O. The van der Waals surface area contributed by atoms with Crippen LogP contribution in [0.2, 0.25) is 0 Å². The van der Waals surface area contributed by atoms with Gasteiger partial charge in [0.25, 0.3) is 0 Å². The first-order valence-corrected chi connectivity index (χ1v) is 6.02. The number of aliphatic carboxylic acids is 1. The van der Waals surface area contributed by atoms with Crippen LogP contribution in [0.25, 0.3) is 0 Å². The third-order valence-corrected chi connectivity index (χ3v) is 2.69. The lowest BCUT2D eigenvalue weighted by atomic mass is 10.1. The van der Waals surface area contributed by atoms with E-state index in [1.165, 1.54) is 7.11 Å². The van der Waals surface area contributed by atoms with Gasteiger partial charge in [0.1, 0.15) is 5.84 Å². The lowest BCUT2D eigenvalue weighted by Crippen LogP contribution is -2.30. The smallest absolute Gasteiger partial charge is 0.341 e. The molecule has 1 aliphatic rings. The van der Waals surface area contributed by atoms with Gasteiger partial charge in [0.2, 0.25) is 0 Å². The van der Waals surface area contributed by atoms with E-state index in [1.54, 1.807) is 6.07 Å². The van der Waals surface area contributed by atoms with Crippen LogP contribution in [0.1, 0.15) is 12.0 Å². The normalized spacial score (nSPS) is 14.3. The van der Waals surface area contributed by atoms with Crippen LogP contribution in [0.4, 0.5) is 0 Å². The molecule has 0 bridgehead atoms. The van der Waals surface area contributed by atoms with Crippen molar-refractivity contribution in [2.45, 2.75) is 6.42 Å². The third-order valence-electron chi connectivity index (χ3n) is 2.69. The minimum absolute atomic E-state index is 0.403. The van der Waals surface area contributed by atoms with Gasteiger partial charge in [-0.2, -0.15) is 0 Å². The van der Waals surface area contributed by atoms with Crippen LogP contribution in [-0.2, 0) is 4.79 Å². The Balaban J connectivity index is 2.35. The summed E-state index contributed by atoms with van der Waals surface area (Å²) >= 11 is 0. The molecule has 0 aliphatic carbocycles. The highest BCUT2D eigenvalue weighted by atomic mass is 16.5. The first-order valence-electron chi connectivity index (χ1n) is 6.02. The Morgan fingerprint density at radius 2 is 2.37 bits per heavy atom. The summed E-state index contributed by atoms with van der Waals surface area (Å²) in [6.45, 7) is 1.17. The molecule has 2 N–H and O–H groups in total. The first-order chi connectivity index (χ1) is 9.22. The molecule has 1 aliphatic heterocycles. The number of carboxylic acids is 1. The Morgan fingerprint density at radius 1 is 1.53 bits per heavy atom. The van der Waals surface area contributed by atoms with Crippen LogP contribution >= 0.6 is 0 Å². The Bertz CT molecular complexity index is 499. The summed E-state index contributed by atoms with van der Waals surface area (Å²) in [4.78, 5) is 15.0. The Labute approximate surface area is 111 Å². The number of carbonyl (C=O) groups is 1. The Kier molecular flexibility index (Phi) is 4.22. The summed E-state index contributed by atoms with van der Waals surface area (Å²) < 4.78 is 10.5. The molecule has 0 amide bonds. The fraction of sp³-hybridized carbons (Fsp3) is 0.385. The van der Waals surface area contributed by atoms with Crippen molar-refractivity contribution in [2.75, 3.05) is 26.8 Å². The van der Waals surface area contributed by atoms with E-state index in [-0.39, 0.29) is 0 Å². The fourth-order valence-electron chi connectivity index (χ4n) is 1.86. The zero-order valence-electron chi connectivity index (χ0n) is 10.7. The molecule has 0 saturated carbocycles. The van der Waals surface area contributed by atoms with Crippen molar-refractivity contribution in [1.82, 2.24) is 5.32 Å². The molecular formula is C13H16N2O4. The van der Waals surface area contributed by atoms with Crippen LogP contribution in [0.3, 0.4) is 0 Å². The quantitative estimate of drug-likeness (QED) is 0.826. The highest BCUT2D eigenvalue weighted by Gasteiger charge is 2.17. The number of nitrogens with one attached hydrogen (secondary N) is 1. The van der Waals surface area contributed by atoms with Crippen molar-refractivity contribution < 1.29 is 19.4 Å².